The van der Waals surface area contributed by atoms with Crippen LogP contribution in [0.15, 0.2) is 12.1 Å². The monoisotopic (exact) mass is 345 g/mol. The largest absolute Gasteiger partial charge is 0.407 e. The van der Waals surface area contributed by atoms with Gasteiger partial charge in [-0.2, -0.15) is 10.2 Å². The molecule has 1 rings (SSSR count). The van der Waals surface area contributed by atoms with Gasteiger partial charge in [-0.05, 0) is 44.1 Å². The third-order valence-corrected chi connectivity index (χ3v) is 10.0. The van der Waals surface area contributed by atoms with E-state index in [1.807, 2.05) is 6.92 Å². The van der Waals surface area contributed by atoms with Crippen molar-refractivity contribution in [2.75, 3.05) is 0 Å². The Bertz CT molecular complexity index is 609. The Labute approximate surface area is 134 Å². The van der Waals surface area contributed by atoms with E-state index in [1.165, 1.54) is 0 Å². The van der Waals surface area contributed by atoms with Crippen molar-refractivity contribution in [2.24, 2.45) is 5.14 Å². The number of rotatable bonds is 5. The van der Waals surface area contributed by atoms with Gasteiger partial charge in [0.25, 0.3) is 0 Å². The van der Waals surface area contributed by atoms with Gasteiger partial charge in [-0.1, -0.05) is 20.8 Å². The summed E-state index contributed by atoms with van der Waals surface area (Å²) in [6, 6.07) is 3.54. The molecule has 0 spiro atoms. The zero-order valence-electron chi connectivity index (χ0n) is 14.4. The summed E-state index contributed by atoms with van der Waals surface area (Å²) in [4.78, 5) is 0. The molecule has 1 aromatic heterocycles. The molecule has 0 bridgehead atoms. The van der Waals surface area contributed by atoms with Crippen LogP contribution in [0.5, 0.6) is 0 Å². The highest BCUT2D eigenvalue weighted by atomic mass is 32.2. The summed E-state index contributed by atoms with van der Waals surface area (Å²) < 4.78 is 29.9. The molecule has 0 aliphatic carbocycles. The first-order valence-electron chi connectivity index (χ1n) is 7.25. The Hall–Kier alpha value is -0.833. The molecule has 0 saturated carbocycles. The second-order valence-corrected chi connectivity index (χ2v) is 13.9. The van der Waals surface area contributed by atoms with Crippen LogP contribution in [-0.2, 0) is 14.4 Å². The van der Waals surface area contributed by atoms with Crippen LogP contribution in [0.2, 0.25) is 18.1 Å². The Morgan fingerprint density at radius 2 is 1.77 bits per heavy atom. The quantitative estimate of drug-likeness (QED) is 0.827. The summed E-state index contributed by atoms with van der Waals surface area (Å²) in [5.41, 5.74) is 1.26. The second-order valence-electron chi connectivity index (χ2n) is 7.19. The van der Waals surface area contributed by atoms with Crippen LogP contribution in [-0.4, -0.2) is 32.2 Å². The van der Waals surface area contributed by atoms with Crippen molar-refractivity contribution in [2.45, 2.75) is 64.1 Å². The van der Waals surface area contributed by atoms with E-state index in [4.69, 9.17) is 9.56 Å². The maximum absolute atomic E-state index is 11.8. The average molecular weight is 346 g/mol. The predicted octanol–water partition coefficient (Wildman–Crippen LogP) is 2.52. The first-order valence-corrected chi connectivity index (χ1v) is 11.8. The van der Waals surface area contributed by atoms with Crippen LogP contribution in [0, 0.1) is 6.92 Å². The van der Waals surface area contributed by atoms with Gasteiger partial charge in [-0.15, -0.1) is 0 Å². The summed E-state index contributed by atoms with van der Waals surface area (Å²) >= 11 is 0. The molecule has 0 amide bonds. The van der Waals surface area contributed by atoms with Crippen molar-refractivity contribution in [3.05, 3.63) is 23.5 Å². The number of sulfonamides is 1. The van der Waals surface area contributed by atoms with Crippen LogP contribution in [0.4, 0.5) is 0 Å². The Morgan fingerprint density at radius 3 is 2.14 bits per heavy atom. The van der Waals surface area contributed by atoms with Gasteiger partial charge in [0.05, 0.1) is 11.4 Å². The number of nitrogens with two attached hydrogens (primary N) is 1. The van der Waals surface area contributed by atoms with Gasteiger partial charge in [0.15, 0.2) is 8.32 Å². The predicted molar refractivity (Wildman–Crippen MR) is 90.4 cm³/mol. The van der Waals surface area contributed by atoms with E-state index in [2.05, 4.69) is 44.1 Å². The van der Waals surface area contributed by atoms with E-state index >= 15 is 0 Å². The highest BCUT2D eigenvalue weighted by molar-refractivity contribution is 7.89. The lowest BCUT2D eigenvalue weighted by Crippen LogP contribution is -2.45. The van der Waals surface area contributed by atoms with Gasteiger partial charge in [0, 0.05) is 0 Å². The van der Waals surface area contributed by atoms with E-state index in [0.717, 1.165) is 5.69 Å². The van der Waals surface area contributed by atoms with Crippen molar-refractivity contribution in [1.29, 1.82) is 0 Å². The van der Waals surface area contributed by atoms with E-state index < -0.39 is 29.7 Å². The molecule has 2 N–H and O–H groups in total. The van der Waals surface area contributed by atoms with E-state index in [-0.39, 0.29) is 5.04 Å². The third-order valence-electron chi connectivity index (χ3n) is 4.28. The van der Waals surface area contributed by atoms with E-state index in [9.17, 15) is 8.42 Å². The fraction of sp³-hybridized carbons (Fsp3) is 0.714. The van der Waals surface area contributed by atoms with Crippen LogP contribution in [0.25, 0.3) is 0 Å². The van der Waals surface area contributed by atoms with E-state index in [0.29, 0.717) is 5.69 Å². The Morgan fingerprint density at radius 1 is 1.23 bits per heavy atom. The van der Waals surface area contributed by atoms with Crippen LogP contribution >= 0.6 is 0 Å². The van der Waals surface area contributed by atoms with E-state index in [1.54, 1.807) is 19.1 Å². The highest BCUT2D eigenvalue weighted by Crippen LogP contribution is 2.40. The Balaban J connectivity index is 3.27. The molecule has 0 aliphatic heterocycles. The molecule has 126 valence electrons. The molecule has 0 aromatic carbocycles. The number of aromatic nitrogens is 2. The fourth-order valence-corrected chi connectivity index (χ4v) is 3.58. The molecule has 1 aromatic rings. The maximum Gasteiger partial charge on any atom is 0.214 e. The zero-order valence-corrected chi connectivity index (χ0v) is 16.2. The minimum absolute atomic E-state index is 0.0541. The molecule has 0 saturated heterocycles. The van der Waals surface area contributed by atoms with Gasteiger partial charge < -0.3 is 4.43 Å². The number of hydrogen-bond acceptors (Lipinski definition) is 5. The van der Waals surface area contributed by atoms with Gasteiger partial charge in [-0.25, -0.2) is 13.6 Å². The Kier molecular flexibility index (Phi) is 5.54. The number of hydrogen-bond donors (Lipinski definition) is 1. The normalized spacial score (nSPS) is 16.4. The number of nitrogens with zero attached hydrogens (tertiary/aromatic N) is 2. The maximum atomic E-state index is 11.8. The summed E-state index contributed by atoms with van der Waals surface area (Å²) in [7, 11) is -5.94. The lowest BCUT2D eigenvalue weighted by atomic mass is 10.2. The lowest BCUT2D eigenvalue weighted by Gasteiger charge is -2.40. The highest BCUT2D eigenvalue weighted by Gasteiger charge is 2.42. The first kappa shape index (κ1) is 19.2. The molecule has 2 atom stereocenters. The first-order chi connectivity index (χ1) is 9.75. The topological polar surface area (TPSA) is 95.2 Å². The lowest BCUT2D eigenvalue weighted by molar-refractivity contribution is 0.176. The average Bonchev–Trinajstić information content (AvgIpc) is 2.34. The van der Waals surface area contributed by atoms with Crippen molar-refractivity contribution in [3.63, 3.8) is 0 Å². The summed E-state index contributed by atoms with van der Waals surface area (Å²) in [6.07, 6.45) is -0.719. The molecule has 0 aliphatic rings. The summed E-state index contributed by atoms with van der Waals surface area (Å²) in [5.74, 6) is 0. The van der Waals surface area contributed by atoms with Gasteiger partial charge >= 0.3 is 0 Å². The summed E-state index contributed by atoms with van der Waals surface area (Å²) in [6.45, 7) is 13.8. The van der Waals surface area contributed by atoms with Crippen LogP contribution < -0.4 is 5.14 Å². The molecule has 0 radical (unpaired) electrons. The molecule has 22 heavy (non-hydrogen) atoms. The number of aryl methyl sites for hydroxylation is 1. The molecule has 8 heteroatoms. The van der Waals surface area contributed by atoms with Crippen molar-refractivity contribution in [1.82, 2.24) is 10.2 Å². The number of primary sulfonamides is 1. The third kappa shape index (κ3) is 4.58. The summed E-state index contributed by atoms with van der Waals surface area (Å²) in [5, 5.41) is 12.5. The SMILES string of the molecule is Cc1ccc([C@@H](O[Si](C)(C)C(C)(C)C)[C@H](C)S(N)(=O)=O)nn1. The molecule has 0 unspecified atom stereocenters. The molecule has 1 heterocycles. The molecular formula is C14H27N3O3SSi. The van der Waals surface area contributed by atoms with Gasteiger partial charge in [-0.3, -0.25) is 0 Å². The van der Waals surface area contributed by atoms with Crippen molar-refractivity contribution in [3.8, 4) is 0 Å². The molecular weight excluding hydrogens is 318 g/mol. The van der Waals surface area contributed by atoms with Crippen molar-refractivity contribution < 1.29 is 12.8 Å². The zero-order chi connectivity index (χ0) is 17.3. The van der Waals surface area contributed by atoms with Crippen molar-refractivity contribution >= 4 is 18.3 Å². The fourth-order valence-electron chi connectivity index (χ4n) is 1.62. The second kappa shape index (κ2) is 6.35. The van der Waals surface area contributed by atoms with Gasteiger partial charge in [0.1, 0.15) is 11.4 Å². The minimum Gasteiger partial charge on any atom is -0.407 e. The van der Waals surface area contributed by atoms with Crippen LogP contribution in [0.3, 0.4) is 0 Å². The van der Waals surface area contributed by atoms with Gasteiger partial charge in [0.2, 0.25) is 10.0 Å². The molecule has 0 fully saturated rings. The smallest absolute Gasteiger partial charge is 0.214 e. The standard InChI is InChI=1S/C14H27N3O3SSi/c1-10-8-9-12(17-16-10)13(11(2)21(15,18)19)20-22(6,7)14(3,4)5/h8-9,11,13H,1-7H3,(H2,15,18,19)/t11-,13-/m0/s1. The minimum atomic E-state index is -3.75. The van der Waals surface area contributed by atoms with Crippen LogP contribution in [0.1, 0.15) is 45.2 Å². The molecule has 6 nitrogen and oxygen atoms in total.